The van der Waals surface area contributed by atoms with Gasteiger partial charge in [-0.1, -0.05) is 0 Å². The zero-order valence-electron chi connectivity index (χ0n) is 6.24. The number of thiazole rings is 1. The normalized spacial score (nSPS) is 22.1. The number of nitrogens with zero attached hydrogens (tertiary/aromatic N) is 2. The van der Waals surface area contributed by atoms with Gasteiger partial charge in [-0.3, -0.25) is 0 Å². The molecule has 0 aliphatic carbocycles. The minimum absolute atomic E-state index is 0.327. The molecule has 1 N–H and O–H groups in total. The van der Waals surface area contributed by atoms with E-state index in [1.54, 1.807) is 11.3 Å². The molecule has 2 rings (SSSR count). The molecule has 1 aromatic rings. The molecule has 0 saturated carbocycles. The topological polar surface area (TPSA) is 37.3 Å². The number of aryl methyl sites for hydroxylation is 1. The second kappa shape index (κ2) is 2.62. The monoisotopic (exact) mass is 167 g/mol. The van der Waals surface area contributed by atoms with Crippen molar-refractivity contribution < 1.29 is 0 Å². The Morgan fingerprint density at radius 3 is 3.18 bits per heavy atom. The lowest BCUT2D eigenvalue weighted by atomic mass is 10.3. The molecule has 1 aliphatic rings. The third kappa shape index (κ3) is 1.26. The lowest BCUT2D eigenvalue weighted by Crippen LogP contribution is -2.08. The molecule has 0 bridgehead atoms. The molecule has 0 saturated heterocycles. The highest BCUT2D eigenvalue weighted by atomic mass is 32.1. The summed E-state index contributed by atoms with van der Waals surface area (Å²) in [7, 11) is 0. The van der Waals surface area contributed by atoms with Gasteiger partial charge in [-0.05, 0) is 6.92 Å². The van der Waals surface area contributed by atoms with Crippen LogP contribution in [-0.2, 0) is 0 Å². The SMILES string of the molecule is Cc1cnc(C2CC=NN2)s1. The van der Waals surface area contributed by atoms with Crippen molar-refractivity contribution in [1.29, 1.82) is 0 Å². The molecule has 3 nitrogen and oxygen atoms in total. The predicted molar refractivity (Wildman–Crippen MR) is 45.8 cm³/mol. The van der Waals surface area contributed by atoms with Gasteiger partial charge in [0, 0.05) is 23.7 Å². The van der Waals surface area contributed by atoms with Crippen LogP contribution in [0, 0.1) is 6.92 Å². The molecular formula is C7H9N3S. The molecule has 0 spiro atoms. The first-order chi connectivity index (χ1) is 5.36. The van der Waals surface area contributed by atoms with Crippen LogP contribution in [0.15, 0.2) is 11.3 Å². The van der Waals surface area contributed by atoms with Gasteiger partial charge in [0.25, 0.3) is 0 Å². The van der Waals surface area contributed by atoms with Crippen LogP contribution in [0.4, 0.5) is 0 Å². The van der Waals surface area contributed by atoms with Crippen molar-refractivity contribution in [1.82, 2.24) is 10.4 Å². The van der Waals surface area contributed by atoms with E-state index in [9.17, 15) is 0 Å². The molecule has 1 atom stereocenters. The molecule has 1 unspecified atom stereocenters. The zero-order chi connectivity index (χ0) is 7.68. The first-order valence-electron chi connectivity index (χ1n) is 3.55. The molecule has 0 amide bonds. The number of hydrogen-bond acceptors (Lipinski definition) is 4. The largest absolute Gasteiger partial charge is 0.300 e. The molecule has 2 heterocycles. The lowest BCUT2D eigenvalue weighted by molar-refractivity contribution is 0.616. The Balaban J connectivity index is 2.17. The fraction of sp³-hybridized carbons (Fsp3) is 0.429. The van der Waals surface area contributed by atoms with Crippen LogP contribution < -0.4 is 5.43 Å². The van der Waals surface area contributed by atoms with Crippen LogP contribution in [0.5, 0.6) is 0 Å². The molecule has 1 aromatic heterocycles. The average Bonchev–Trinajstić information content (AvgIpc) is 2.55. The Labute approximate surface area is 69.2 Å². The van der Waals surface area contributed by atoms with Crippen molar-refractivity contribution in [3.8, 4) is 0 Å². The number of nitrogens with one attached hydrogen (secondary N) is 1. The van der Waals surface area contributed by atoms with Gasteiger partial charge in [-0.25, -0.2) is 4.98 Å². The van der Waals surface area contributed by atoms with Crippen molar-refractivity contribution in [3.63, 3.8) is 0 Å². The fourth-order valence-corrected chi connectivity index (χ4v) is 1.87. The van der Waals surface area contributed by atoms with Crippen LogP contribution >= 0.6 is 11.3 Å². The molecule has 0 radical (unpaired) electrons. The molecule has 0 aromatic carbocycles. The van der Waals surface area contributed by atoms with Crippen LogP contribution in [0.3, 0.4) is 0 Å². The molecule has 11 heavy (non-hydrogen) atoms. The summed E-state index contributed by atoms with van der Waals surface area (Å²) in [5.41, 5.74) is 3.00. The third-order valence-corrected chi connectivity index (χ3v) is 2.63. The van der Waals surface area contributed by atoms with E-state index in [1.165, 1.54) is 4.88 Å². The predicted octanol–water partition coefficient (Wildman–Crippen LogP) is 1.47. The second-order valence-electron chi connectivity index (χ2n) is 2.54. The van der Waals surface area contributed by atoms with Crippen molar-refractivity contribution in [3.05, 3.63) is 16.1 Å². The molecular weight excluding hydrogens is 158 g/mol. The number of hydrogen-bond donors (Lipinski definition) is 1. The summed E-state index contributed by atoms with van der Waals surface area (Å²) in [6, 6.07) is 0.327. The van der Waals surface area contributed by atoms with Gasteiger partial charge >= 0.3 is 0 Å². The highest BCUT2D eigenvalue weighted by Crippen LogP contribution is 2.23. The maximum atomic E-state index is 4.27. The van der Waals surface area contributed by atoms with Crippen molar-refractivity contribution in [2.45, 2.75) is 19.4 Å². The van der Waals surface area contributed by atoms with E-state index in [-0.39, 0.29) is 0 Å². The lowest BCUT2D eigenvalue weighted by Gasteiger charge is -2.03. The Morgan fingerprint density at radius 1 is 1.73 bits per heavy atom. The van der Waals surface area contributed by atoms with Gasteiger partial charge in [0.15, 0.2) is 0 Å². The average molecular weight is 167 g/mol. The second-order valence-corrected chi connectivity index (χ2v) is 3.80. The summed E-state index contributed by atoms with van der Waals surface area (Å²) in [6.45, 7) is 2.07. The summed E-state index contributed by atoms with van der Waals surface area (Å²) >= 11 is 1.73. The van der Waals surface area contributed by atoms with Crippen molar-refractivity contribution in [2.75, 3.05) is 0 Å². The Morgan fingerprint density at radius 2 is 2.64 bits per heavy atom. The van der Waals surface area contributed by atoms with E-state index in [2.05, 4.69) is 22.4 Å². The van der Waals surface area contributed by atoms with Crippen molar-refractivity contribution >= 4 is 17.6 Å². The van der Waals surface area contributed by atoms with E-state index in [1.807, 2.05) is 12.4 Å². The third-order valence-electron chi connectivity index (χ3n) is 1.60. The quantitative estimate of drug-likeness (QED) is 0.687. The van der Waals surface area contributed by atoms with E-state index in [0.717, 1.165) is 11.4 Å². The highest BCUT2D eigenvalue weighted by Gasteiger charge is 2.15. The minimum atomic E-state index is 0.327. The van der Waals surface area contributed by atoms with Gasteiger partial charge in [0.2, 0.25) is 0 Å². The first kappa shape index (κ1) is 6.79. The molecule has 0 fully saturated rings. The smallest absolute Gasteiger partial charge is 0.117 e. The van der Waals surface area contributed by atoms with Gasteiger partial charge in [-0.15, -0.1) is 11.3 Å². The Hall–Kier alpha value is -0.900. The van der Waals surface area contributed by atoms with E-state index < -0.39 is 0 Å². The van der Waals surface area contributed by atoms with Crippen LogP contribution in [-0.4, -0.2) is 11.2 Å². The van der Waals surface area contributed by atoms with Gasteiger partial charge in [-0.2, -0.15) is 5.10 Å². The summed E-state index contributed by atoms with van der Waals surface area (Å²) in [5.74, 6) is 0. The van der Waals surface area contributed by atoms with E-state index in [4.69, 9.17) is 0 Å². The van der Waals surface area contributed by atoms with E-state index in [0.29, 0.717) is 6.04 Å². The summed E-state index contributed by atoms with van der Waals surface area (Å²) in [5, 5.41) is 5.08. The summed E-state index contributed by atoms with van der Waals surface area (Å²) in [6.07, 6.45) is 4.76. The number of aromatic nitrogens is 1. The maximum absolute atomic E-state index is 4.27. The zero-order valence-corrected chi connectivity index (χ0v) is 7.06. The molecule has 58 valence electrons. The maximum Gasteiger partial charge on any atom is 0.117 e. The summed E-state index contributed by atoms with van der Waals surface area (Å²) in [4.78, 5) is 5.53. The Bertz CT molecular complexity index is 271. The van der Waals surface area contributed by atoms with Gasteiger partial charge in [0.05, 0.1) is 0 Å². The van der Waals surface area contributed by atoms with Crippen molar-refractivity contribution in [2.24, 2.45) is 5.10 Å². The minimum Gasteiger partial charge on any atom is -0.300 e. The van der Waals surface area contributed by atoms with Gasteiger partial charge in [0.1, 0.15) is 11.0 Å². The van der Waals surface area contributed by atoms with Gasteiger partial charge < -0.3 is 5.43 Å². The van der Waals surface area contributed by atoms with Crippen LogP contribution in [0.2, 0.25) is 0 Å². The molecule has 4 heteroatoms. The van der Waals surface area contributed by atoms with Crippen LogP contribution in [0.25, 0.3) is 0 Å². The number of hydrazone groups is 1. The summed E-state index contributed by atoms with van der Waals surface area (Å²) < 4.78 is 0. The van der Waals surface area contributed by atoms with E-state index >= 15 is 0 Å². The first-order valence-corrected chi connectivity index (χ1v) is 4.37. The fourth-order valence-electron chi connectivity index (χ4n) is 1.04. The standard InChI is InChI=1S/C7H9N3S/c1-5-4-8-7(11-5)6-2-3-9-10-6/h3-4,6,10H,2H2,1H3. The Kier molecular flexibility index (Phi) is 1.62. The highest BCUT2D eigenvalue weighted by molar-refractivity contribution is 7.11. The van der Waals surface area contributed by atoms with Crippen LogP contribution in [0.1, 0.15) is 22.3 Å². The molecule has 1 aliphatic heterocycles. The number of rotatable bonds is 1.